The van der Waals surface area contributed by atoms with Crippen molar-refractivity contribution < 1.29 is 29.3 Å². The molecule has 0 aromatic heterocycles. The third-order valence-corrected chi connectivity index (χ3v) is 6.58. The summed E-state index contributed by atoms with van der Waals surface area (Å²) in [5.74, 6) is -1.41. The third kappa shape index (κ3) is 4.51. The van der Waals surface area contributed by atoms with Gasteiger partial charge >= 0.3 is 0 Å². The zero-order chi connectivity index (χ0) is 24.4. The summed E-state index contributed by atoms with van der Waals surface area (Å²) >= 11 is 0. The molecule has 2 N–H and O–H groups in total. The molecule has 2 fully saturated rings. The molecule has 0 bridgehead atoms. The van der Waals surface area contributed by atoms with Crippen LogP contribution < -0.4 is 4.74 Å². The molecule has 0 radical (unpaired) electrons. The Bertz CT molecular complexity index is 1140. The Balaban J connectivity index is 1.80. The molecule has 1 amide bonds. The van der Waals surface area contributed by atoms with E-state index in [1.165, 1.54) is 4.90 Å². The number of carbonyl (C=O) groups is 2. The number of amides is 1. The minimum absolute atomic E-state index is 0.0428. The number of carbonyl (C=O) groups excluding carboxylic acids is 2. The first-order chi connectivity index (χ1) is 16.3. The number of hydrogen-bond donors (Lipinski definition) is 2. The van der Waals surface area contributed by atoms with E-state index in [2.05, 4.69) is 4.90 Å². The first-order valence-corrected chi connectivity index (χ1v) is 11.3. The zero-order valence-electron chi connectivity index (χ0n) is 19.7. The number of methoxy groups -OCH3 is 1. The summed E-state index contributed by atoms with van der Waals surface area (Å²) < 4.78 is 10.8. The monoisotopic (exact) mass is 466 g/mol. The van der Waals surface area contributed by atoms with Crippen LogP contribution in [-0.2, 0) is 14.3 Å². The van der Waals surface area contributed by atoms with Crippen LogP contribution in [-0.4, -0.2) is 78.2 Å². The van der Waals surface area contributed by atoms with Gasteiger partial charge in [-0.2, -0.15) is 0 Å². The van der Waals surface area contributed by atoms with Crippen LogP contribution in [0.15, 0.2) is 42.0 Å². The van der Waals surface area contributed by atoms with Crippen molar-refractivity contribution in [1.82, 2.24) is 9.80 Å². The SMILES string of the molecule is COc1cccc([C@@H]2C(=C(O)c3cc(C)c(C)cc3O)C(=O)C(=O)N2CCN2CCOCC2)c1. The molecule has 2 heterocycles. The predicted molar refractivity (Wildman–Crippen MR) is 127 cm³/mol. The van der Waals surface area contributed by atoms with E-state index in [-0.39, 0.29) is 22.6 Å². The van der Waals surface area contributed by atoms with E-state index in [0.29, 0.717) is 37.6 Å². The molecule has 0 aliphatic carbocycles. The number of rotatable bonds is 6. The first-order valence-electron chi connectivity index (χ1n) is 11.3. The molecule has 2 aliphatic rings. The Morgan fingerprint density at radius 1 is 1.09 bits per heavy atom. The molecular formula is C26H30N2O6. The standard InChI is InChI=1S/C26H30N2O6/c1-16-13-20(21(29)14-17(16)2)24(30)22-23(18-5-4-6-19(15-18)33-3)28(26(32)25(22)31)8-7-27-9-11-34-12-10-27/h4-6,13-15,23,29-30H,7-12H2,1-3H3/t23-/m1/s1. The van der Waals surface area contributed by atoms with Crippen LogP contribution in [0.1, 0.15) is 28.3 Å². The van der Waals surface area contributed by atoms with Crippen molar-refractivity contribution in [3.63, 3.8) is 0 Å². The van der Waals surface area contributed by atoms with Gasteiger partial charge < -0.3 is 24.6 Å². The minimum Gasteiger partial charge on any atom is -0.507 e. The number of ketones is 1. The molecular weight excluding hydrogens is 436 g/mol. The van der Waals surface area contributed by atoms with Gasteiger partial charge in [-0.3, -0.25) is 14.5 Å². The van der Waals surface area contributed by atoms with E-state index in [9.17, 15) is 19.8 Å². The summed E-state index contributed by atoms with van der Waals surface area (Å²) in [5.41, 5.74) is 2.43. The summed E-state index contributed by atoms with van der Waals surface area (Å²) in [5, 5.41) is 21.8. The average molecular weight is 467 g/mol. The van der Waals surface area contributed by atoms with Gasteiger partial charge in [0.2, 0.25) is 0 Å². The van der Waals surface area contributed by atoms with Gasteiger partial charge in [-0.1, -0.05) is 12.1 Å². The van der Waals surface area contributed by atoms with Gasteiger partial charge in [0.15, 0.2) is 0 Å². The van der Waals surface area contributed by atoms with Gasteiger partial charge in [0.05, 0.1) is 37.5 Å². The second-order valence-electron chi connectivity index (χ2n) is 8.68. The van der Waals surface area contributed by atoms with Crippen LogP contribution in [0, 0.1) is 13.8 Å². The fraction of sp³-hybridized carbons (Fsp3) is 0.385. The van der Waals surface area contributed by atoms with E-state index in [0.717, 1.165) is 24.2 Å². The van der Waals surface area contributed by atoms with Crippen LogP contribution in [0.2, 0.25) is 0 Å². The lowest BCUT2D eigenvalue weighted by Crippen LogP contribution is -2.42. The Labute approximate surface area is 199 Å². The highest BCUT2D eigenvalue weighted by molar-refractivity contribution is 6.46. The summed E-state index contributed by atoms with van der Waals surface area (Å²) in [6, 6.07) is 9.48. The lowest BCUT2D eigenvalue weighted by Gasteiger charge is -2.31. The van der Waals surface area contributed by atoms with Crippen LogP contribution in [0.4, 0.5) is 0 Å². The third-order valence-electron chi connectivity index (χ3n) is 6.58. The quantitative estimate of drug-likeness (QED) is 0.384. The van der Waals surface area contributed by atoms with Crippen molar-refractivity contribution >= 4 is 17.4 Å². The highest BCUT2D eigenvalue weighted by Crippen LogP contribution is 2.41. The number of aliphatic hydroxyl groups is 1. The molecule has 0 saturated carbocycles. The maximum atomic E-state index is 13.2. The average Bonchev–Trinajstić information content (AvgIpc) is 3.10. The molecule has 0 spiro atoms. The Morgan fingerprint density at radius 3 is 2.50 bits per heavy atom. The molecule has 2 aromatic rings. The molecule has 2 saturated heterocycles. The van der Waals surface area contributed by atoms with E-state index in [1.807, 2.05) is 13.8 Å². The second kappa shape index (κ2) is 9.87. The van der Waals surface area contributed by atoms with Gasteiger partial charge in [0, 0.05) is 26.2 Å². The van der Waals surface area contributed by atoms with Gasteiger partial charge in [-0.05, 0) is 54.8 Å². The molecule has 8 nitrogen and oxygen atoms in total. The maximum absolute atomic E-state index is 13.2. The van der Waals surface area contributed by atoms with Crippen molar-refractivity contribution in [2.75, 3.05) is 46.5 Å². The molecule has 2 aromatic carbocycles. The van der Waals surface area contributed by atoms with E-state index in [4.69, 9.17) is 9.47 Å². The number of nitrogens with zero attached hydrogens (tertiary/aromatic N) is 2. The number of likely N-dealkylation sites (tertiary alicyclic amines) is 1. The van der Waals surface area contributed by atoms with Crippen molar-refractivity contribution in [2.24, 2.45) is 0 Å². The Morgan fingerprint density at radius 2 is 1.79 bits per heavy atom. The summed E-state index contributed by atoms with van der Waals surface area (Å²) in [4.78, 5) is 30.1. The second-order valence-corrected chi connectivity index (χ2v) is 8.68. The number of aromatic hydroxyl groups is 1. The number of benzene rings is 2. The molecule has 2 aliphatic heterocycles. The van der Waals surface area contributed by atoms with E-state index >= 15 is 0 Å². The number of phenolic OH excluding ortho intramolecular Hbond substituents is 1. The number of phenols is 1. The fourth-order valence-electron chi connectivity index (χ4n) is 4.48. The van der Waals surface area contributed by atoms with Gasteiger partial charge in [-0.25, -0.2) is 0 Å². The normalized spacial score (nSPS) is 20.7. The van der Waals surface area contributed by atoms with Crippen LogP contribution in [0.25, 0.3) is 5.76 Å². The minimum atomic E-state index is -0.808. The number of aryl methyl sites for hydroxylation is 2. The van der Waals surface area contributed by atoms with Crippen LogP contribution in [0.3, 0.4) is 0 Å². The van der Waals surface area contributed by atoms with Crippen molar-refractivity contribution in [3.05, 3.63) is 64.2 Å². The molecule has 34 heavy (non-hydrogen) atoms. The number of aliphatic hydroxyl groups excluding tert-OH is 1. The number of hydrogen-bond acceptors (Lipinski definition) is 7. The Hall–Kier alpha value is -3.36. The first kappa shape index (κ1) is 23.8. The van der Waals surface area contributed by atoms with Gasteiger partial charge in [0.1, 0.15) is 17.3 Å². The van der Waals surface area contributed by atoms with Crippen molar-refractivity contribution in [1.29, 1.82) is 0 Å². The molecule has 180 valence electrons. The molecule has 8 heteroatoms. The molecule has 0 unspecified atom stereocenters. The van der Waals surface area contributed by atoms with Crippen LogP contribution >= 0.6 is 0 Å². The number of ether oxygens (including phenoxy) is 2. The number of Topliss-reactive ketones (excluding diaryl/α,β-unsaturated/α-hetero) is 1. The van der Waals surface area contributed by atoms with Crippen molar-refractivity contribution in [3.8, 4) is 11.5 Å². The lowest BCUT2D eigenvalue weighted by atomic mass is 9.93. The smallest absolute Gasteiger partial charge is 0.295 e. The molecule has 1 atom stereocenters. The van der Waals surface area contributed by atoms with E-state index < -0.39 is 17.7 Å². The largest absolute Gasteiger partial charge is 0.507 e. The maximum Gasteiger partial charge on any atom is 0.295 e. The highest BCUT2D eigenvalue weighted by Gasteiger charge is 2.46. The predicted octanol–water partition coefficient (Wildman–Crippen LogP) is 2.77. The number of morpholine rings is 1. The zero-order valence-corrected chi connectivity index (χ0v) is 19.7. The van der Waals surface area contributed by atoms with Gasteiger partial charge in [-0.15, -0.1) is 0 Å². The molecule has 4 rings (SSSR count). The fourth-order valence-corrected chi connectivity index (χ4v) is 4.48. The summed E-state index contributed by atoms with van der Waals surface area (Å²) in [6.07, 6.45) is 0. The topological polar surface area (TPSA) is 99.5 Å². The Kier molecular flexibility index (Phi) is 6.90. The van der Waals surface area contributed by atoms with Crippen molar-refractivity contribution in [2.45, 2.75) is 19.9 Å². The van der Waals surface area contributed by atoms with Crippen LogP contribution in [0.5, 0.6) is 11.5 Å². The summed E-state index contributed by atoms with van der Waals surface area (Å²) in [7, 11) is 1.54. The summed E-state index contributed by atoms with van der Waals surface area (Å²) in [6.45, 7) is 7.35. The van der Waals surface area contributed by atoms with E-state index in [1.54, 1.807) is 43.5 Å². The highest BCUT2D eigenvalue weighted by atomic mass is 16.5. The lowest BCUT2D eigenvalue weighted by molar-refractivity contribution is -0.140. The van der Waals surface area contributed by atoms with Gasteiger partial charge in [0.25, 0.3) is 11.7 Å².